The van der Waals surface area contributed by atoms with Crippen molar-refractivity contribution in [2.24, 2.45) is 5.73 Å². The summed E-state index contributed by atoms with van der Waals surface area (Å²) in [6.07, 6.45) is 24.5. The number of carbonyl (C=O) groups excluding carboxylic acids is 2. The number of carbonyl (C=O) groups is 3. The van der Waals surface area contributed by atoms with E-state index in [4.69, 9.17) is 24.8 Å². The first-order valence-electron chi connectivity index (χ1n) is 17.2. The Bertz CT molecular complexity index is 838. The van der Waals surface area contributed by atoms with E-state index in [0.717, 1.165) is 57.8 Å². The maximum absolute atomic E-state index is 12.4. The van der Waals surface area contributed by atoms with E-state index in [1.54, 1.807) is 0 Å². The number of allylic oxidation sites excluding steroid dienone is 2. The highest BCUT2D eigenvalue weighted by Crippen LogP contribution is 2.43. The summed E-state index contributed by atoms with van der Waals surface area (Å²) in [7, 11) is -4.70. The third-order valence-corrected chi connectivity index (χ3v) is 8.21. The minimum atomic E-state index is -4.70. The molecule has 0 rings (SSSR count). The second kappa shape index (κ2) is 29.6. The molecule has 0 aromatic rings. The Kier molecular flexibility index (Phi) is 28.4. The van der Waals surface area contributed by atoms with Crippen LogP contribution in [0.4, 0.5) is 0 Å². The predicted octanol–water partition coefficient (Wildman–Crippen LogP) is 7.78. The molecule has 11 nitrogen and oxygen atoms in total. The van der Waals surface area contributed by atoms with Crippen LogP contribution in [-0.4, -0.2) is 59.9 Å². The molecule has 0 spiro atoms. The third kappa shape index (κ3) is 29.4. The van der Waals surface area contributed by atoms with Crippen molar-refractivity contribution in [1.82, 2.24) is 0 Å². The number of hydrogen-bond acceptors (Lipinski definition) is 9. The number of unbranched alkanes of at least 4 members (excludes halogenated alkanes) is 16. The van der Waals surface area contributed by atoms with E-state index in [1.807, 2.05) is 0 Å². The van der Waals surface area contributed by atoms with E-state index >= 15 is 0 Å². The van der Waals surface area contributed by atoms with Crippen molar-refractivity contribution in [3.8, 4) is 0 Å². The van der Waals surface area contributed by atoms with Gasteiger partial charge in [0.1, 0.15) is 12.6 Å². The number of phosphoric ester groups is 1. The molecule has 264 valence electrons. The van der Waals surface area contributed by atoms with Crippen molar-refractivity contribution >= 4 is 25.7 Å². The van der Waals surface area contributed by atoms with E-state index in [0.29, 0.717) is 12.8 Å². The van der Waals surface area contributed by atoms with Crippen molar-refractivity contribution in [3.63, 3.8) is 0 Å². The van der Waals surface area contributed by atoms with Crippen LogP contribution in [0.1, 0.15) is 149 Å². The van der Waals surface area contributed by atoms with Gasteiger partial charge in [-0.25, -0.2) is 4.57 Å². The molecule has 4 N–H and O–H groups in total. The Balaban J connectivity index is 4.47. The minimum Gasteiger partial charge on any atom is -0.480 e. The molecule has 0 saturated heterocycles. The molecule has 0 aliphatic rings. The first kappa shape index (κ1) is 43.2. The van der Waals surface area contributed by atoms with Crippen molar-refractivity contribution in [2.75, 3.05) is 19.8 Å². The van der Waals surface area contributed by atoms with Crippen LogP contribution in [0.2, 0.25) is 0 Å². The second-order valence-electron chi connectivity index (χ2n) is 11.7. The summed E-state index contributed by atoms with van der Waals surface area (Å²) in [5.41, 5.74) is 5.29. The molecule has 12 heteroatoms. The third-order valence-electron chi connectivity index (χ3n) is 7.26. The molecule has 0 aliphatic heterocycles. The molecule has 0 radical (unpaired) electrons. The van der Waals surface area contributed by atoms with Crippen molar-refractivity contribution in [3.05, 3.63) is 12.2 Å². The van der Waals surface area contributed by atoms with Crippen LogP contribution >= 0.6 is 7.82 Å². The van der Waals surface area contributed by atoms with E-state index in [9.17, 15) is 23.8 Å². The molecular weight excluding hydrogens is 601 g/mol. The highest BCUT2D eigenvalue weighted by atomic mass is 31.2. The van der Waals surface area contributed by atoms with Crippen LogP contribution in [0.15, 0.2) is 12.2 Å². The number of phosphoric acid groups is 1. The Morgan fingerprint density at radius 2 is 1.11 bits per heavy atom. The van der Waals surface area contributed by atoms with Gasteiger partial charge in [-0.15, -0.1) is 0 Å². The average molecular weight is 664 g/mol. The molecule has 0 aromatic heterocycles. The van der Waals surface area contributed by atoms with Gasteiger partial charge < -0.3 is 25.2 Å². The number of carboxylic acids is 1. The van der Waals surface area contributed by atoms with Crippen molar-refractivity contribution in [2.45, 2.75) is 161 Å². The van der Waals surface area contributed by atoms with Crippen molar-refractivity contribution < 1.29 is 47.5 Å². The van der Waals surface area contributed by atoms with Gasteiger partial charge in [-0.1, -0.05) is 109 Å². The lowest BCUT2D eigenvalue weighted by molar-refractivity contribution is -0.161. The standard InChI is InChI=1S/C33H62NO10P/c1-3-5-7-9-11-13-14-15-16-17-19-20-22-24-31(35)41-26-29(27-42-45(39,40)43-28-30(34)33(37)38)44-32(36)25-23-21-18-12-10-8-6-4-2/h13-14,29-30H,3-12,15-28,34H2,1-2H3,(H,37,38)(H,39,40)/b14-13+/t29-,30+/m0/s1. The molecule has 0 bridgehead atoms. The summed E-state index contributed by atoms with van der Waals surface area (Å²) in [6, 6.07) is -1.52. The Morgan fingerprint density at radius 1 is 0.667 bits per heavy atom. The highest BCUT2D eigenvalue weighted by Gasteiger charge is 2.28. The largest absolute Gasteiger partial charge is 0.480 e. The first-order valence-corrected chi connectivity index (χ1v) is 18.7. The molecule has 0 saturated carbocycles. The zero-order valence-corrected chi connectivity index (χ0v) is 28.9. The zero-order chi connectivity index (χ0) is 33.6. The molecule has 1 unspecified atom stereocenters. The van der Waals surface area contributed by atoms with Crippen LogP contribution in [0.3, 0.4) is 0 Å². The predicted molar refractivity (Wildman–Crippen MR) is 176 cm³/mol. The summed E-state index contributed by atoms with van der Waals surface area (Å²) >= 11 is 0. The molecule has 0 fully saturated rings. The maximum Gasteiger partial charge on any atom is 0.472 e. The Morgan fingerprint density at radius 3 is 1.64 bits per heavy atom. The van der Waals surface area contributed by atoms with Gasteiger partial charge in [-0.3, -0.25) is 23.4 Å². The van der Waals surface area contributed by atoms with Gasteiger partial charge in [0, 0.05) is 12.8 Å². The maximum atomic E-state index is 12.4. The van der Waals surface area contributed by atoms with Crippen LogP contribution in [-0.2, 0) is 37.5 Å². The van der Waals surface area contributed by atoms with Gasteiger partial charge in [-0.05, 0) is 38.5 Å². The van der Waals surface area contributed by atoms with E-state index in [1.165, 1.54) is 51.4 Å². The second-order valence-corrected chi connectivity index (χ2v) is 13.1. The number of rotatable bonds is 32. The first-order chi connectivity index (χ1) is 21.6. The number of nitrogens with two attached hydrogens (primary N) is 1. The monoisotopic (exact) mass is 663 g/mol. The highest BCUT2D eigenvalue weighted by molar-refractivity contribution is 7.47. The fourth-order valence-corrected chi connectivity index (χ4v) is 5.25. The number of aliphatic carboxylic acids is 1. The fraction of sp³-hybridized carbons (Fsp3) is 0.848. The van der Waals surface area contributed by atoms with E-state index < -0.39 is 51.1 Å². The van der Waals surface area contributed by atoms with Crippen LogP contribution in [0.25, 0.3) is 0 Å². The van der Waals surface area contributed by atoms with Gasteiger partial charge >= 0.3 is 25.7 Å². The van der Waals surface area contributed by atoms with Gasteiger partial charge in [0.15, 0.2) is 6.10 Å². The van der Waals surface area contributed by atoms with Crippen LogP contribution < -0.4 is 5.73 Å². The smallest absolute Gasteiger partial charge is 0.472 e. The zero-order valence-electron chi connectivity index (χ0n) is 28.0. The quantitative estimate of drug-likeness (QED) is 0.0278. The molecule has 0 aliphatic carbocycles. The lowest BCUT2D eigenvalue weighted by atomic mass is 10.1. The molecule has 45 heavy (non-hydrogen) atoms. The normalized spacial score (nSPS) is 14.2. The number of carboxylic acid groups (broad SMARTS) is 1. The number of hydrogen-bond donors (Lipinski definition) is 3. The topological polar surface area (TPSA) is 172 Å². The van der Waals surface area contributed by atoms with Gasteiger partial charge in [-0.2, -0.15) is 0 Å². The Hall–Kier alpha value is -1.78. The molecule has 0 heterocycles. The fourth-order valence-electron chi connectivity index (χ4n) is 4.47. The van der Waals surface area contributed by atoms with Gasteiger partial charge in [0.25, 0.3) is 0 Å². The summed E-state index contributed by atoms with van der Waals surface area (Å²) in [4.78, 5) is 45.4. The average Bonchev–Trinajstić information content (AvgIpc) is 3.00. The molecular formula is C33H62NO10P. The summed E-state index contributed by atoms with van der Waals surface area (Å²) in [6.45, 7) is 2.70. The van der Waals surface area contributed by atoms with Gasteiger partial charge in [0.2, 0.25) is 0 Å². The summed E-state index contributed by atoms with van der Waals surface area (Å²) in [5.74, 6) is -2.39. The lowest BCUT2D eigenvalue weighted by Crippen LogP contribution is -2.34. The Labute approximate surface area is 271 Å². The van der Waals surface area contributed by atoms with Crippen molar-refractivity contribution in [1.29, 1.82) is 0 Å². The summed E-state index contributed by atoms with van der Waals surface area (Å²) < 4.78 is 32.4. The summed E-state index contributed by atoms with van der Waals surface area (Å²) in [5, 5.41) is 8.82. The van der Waals surface area contributed by atoms with Crippen LogP contribution in [0, 0.1) is 0 Å². The number of ether oxygens (including phenoxy) is 2. The van der Waals surface area contributed by atoms with Crippen LogP contribution in [0.5, 0.6) is 0 Å². The minimum absolute atomic E-state index is 0.162. The van der Waals surface area contributed by atoms with E-state index in [-0.39, 0.29) is 19.4 Å². The number of esters is 2. The van der Waals surface area contributed by atoms with Gasteiger partial charge in [0.05, 0.1) is 13.2 Å². The SMILES string of the molecule is CCCCCC/C=C/CCCCCCCC(=O)OC[C@@H](COP(=O)(O)OC[C@@H](N)C(=O)O)OC(=O)CCCCCCCCCC. The molecule has 0 amide bonds. The molecule has 0 aromatic carbocycles. The lowest BCUT2D eigenvalue weighted by Gasteiger charge is -2.20. The molecule has 3 atom stereocenters. The van der Waals surface area contributed by atoms with E-state index in [2.05, 4.69) is 30.5 Å².